The summed E-state index contributed by atoms with van der Waals surface area (Å²) in [7, 11) is -0.736. The number of carboxylic acid groups (broad SMARTS) is 1. The van der Waals surface area contributed by atoms with Crippen molar-refractivity contribution in [2.75, 3.05) is 6.54 Å². The van der Waals surface area contributed by atoms with E-state index in [2.05, 4.69) is 4.98 Å². The predicted molar refractivity (Wildman–Crippen MR) is 84.3 cm³/mol. The second-order valence-corrected chi connectivity index (χ2v) is 6.37. The van der Waals surface area contributed by atoms with Gasteiger partial charge >= 0.3 is 13.1 Å². The zero-order chi connectivity index (χ0) is 17.4. The molecule has 0 unspecified atom stereocenters. The molecule has 0 spiro atoms. The van der Waals surface area contributed by atoms with Gasteiger partial charge in [0, 0.05) is 12.7 Å². The maximum Gasteiger partial charge on any atom is 0.491 e. The number of carboxylic acids is 1. The molecule has 0 bridgehead atoms. The van der Waals surface area contributed by atoms with E-state index < -0.39 is 35.7 Å². The molecule has 3 N–H and O–H groups in total. The van der Waals surface area contributed by atoms with E-state index in [-0.39, 0.29) is 12.2 Å². The van der Waals surface area contributed by atoms with Gasteiger partial charge in [0.2, 0.25) is 0 Å². The highest BCUT2D eigenvalue weighted by Gasteiger charge is 2.52. The molecule has 8 heteroatoms. The minimum absolute atomic E-state index is 0.0647. The molecule has 2 heterocycles. The van der Waals surface area contributed by atoms with Gasteiger partial charge in [-0.2, -0.15) is 0 Å². The summed E-state index contributed by atoms with van der Waals surface area (Å²) in [4.78, 5) is 14.9. The summed E-state index contributed by atoms with van der Waals surface area (Å²) in [6, 6.07) is 1.10. The van der Waals surface area contributed by atoms with Crippen molar-refractivity contribution in [1.82, 2.24) is 4.98 Å². The Morgan fingerprint density at radius 3 is 2.43 bits per heavy atom. The van der Waals surface area contributed by atoms with Gasteiger partial charge in [-0.25, -0.2) is 9.18 Å². The molecular formula is C15H20BFN2O4. The Morgan fingerprint density at radius 2 is 1.96 bits per heavy atom. The number of hydrogen-bond acceptors (Lipinski definition) is 5. The first kappa shape index (κ1) is 17.6. The molecule has 1 aliphatic rings. The van der Waals surface area contributed by atoms with Gasteiger partial charge in [-0.3, -0.25) is 4.98 Å². The van der Waals surface area contributed by atoms with Gasteiger partial charge in [0.25, 0.3) is 0 Å². The van der Waals surface area contributed by atoms with Gasteiger partial charge in [-0.05, 0) is 45.3 Å². The molecule has 0 saturated carbocycles. The monoisotopic (exact) mass is 322 g/mol. The molecular weight excluding hydrogens is 302 g/mol. The Labute approximate surface area is 134 Å². The van der Waals surface area contributed by atoms with Crippen LogP contribution in [0.5, 0.6) is 0 Å². The Hall–Kier alpha value is -1.77. The van der Waals surface area contributed by atoms with Gasteiger partial charge in [0.05, 0.1) is 22.5 Å². The number of aromatic nitrogens is 1. The lowest BCUT2D eigenvalue weighted by Crippen LogP contribution is -2.41. The largest absolute Gasteiger partial charge is 0.491 e. The second kappa shape index (κ2) is 6.03. The predicted octanol–water partition coefficient (Wildman–Crippen LogP) is 1.89. The van der Waals surface area contributed by atoms with Crippen LogP contribution < -0.4 is 5.73 Å². The Morgan fingerprint density at radius 1 is 1.39 bits per heavy atom. The summed E-state index contributed by atoms with van der Waals surface area (Å²) < 4.78 is 25.9. The molecule has 0 atom stereocenters. The molecule has 124 valence electrons. The van der Waals surface area contributed by atoms with Crippen LogP contribution in [0.4, 0.5) is 4.39 Å². The van der Waals surface area contributed by atoms with E-state index in [1.807, 2.05) is 27.7 Å². The summed E-state index contributed by atoms with van der Waals surface area (Å²) in [5, 5.41) is 8.97. The highest BCUT2D eigenvalue weighted by atomic mass is 19.1. The van der Waals surface area contributed by atoms with Gasteiger partial charge < -0.3 is 20.1 Å². The number of pyridine rings is 1. The molecule has 0 radical (unpaired) electrons. The highest BCUT2D eigenvalue weighted by Crippen LogP contribution is 2.38. The number of aromatic carboxylic acids is 1. The molecule has 0 aromatic carbocycles. The van der Waals surface area contributed by atoms with Crippen LogP contribution in [-0.2, 0) is 9.31 Å². The molecule has 23 heavy (non-hydrogen) atoms. The van der Waals surface area contributed by atoms with E-state index in [1.54, 1.807) is 0 Å². The van der Waals surface area contributed by atoms with Crippen LogP contribution in [0.2, 0.25) is 0 Å². The first-order valence-electron chi connectivity index (χ1n) is 7.23. The van der Waals surface area contributed by atoms with Crippen molar-refractivity contribution in [3.63, 3.8) is 0 Å². The number of rotatable bonds is 4. The third-order valence-electron chi connectivity index (χ3n) is 4.26. The van der Waals surface area contributed by atoms with Gasteiger partial charge in [-0.15, -0.1) is 0 Å². The van der Waals surface area contributed by atoms with E-state index >= 15 is 0 Å². The molecule has 1 fully saturated rings. The second-order valence-electron chi connectivity index (χ2n) is 6.37. The fourth-order valence-electron chi connectivity index (χ4n) is 2.12. The van der Waals surface area contributed by atoms with E-state index in [0.29, 0.717) is 5.47 Å². The number of carbonyl (C=O) groups is 1. The van der Waals surface area contributed by atoms with Crippen LogP contribution in [0.15, 0.2) is 17.7 Å². The van der Waals surface area contributed by atoms with Crippen LogP contribution in [0, 0.1) is 5.82 Å². The SMILES string of the molecule is CC1(C)OB(C(=Cc2nccc(C(=O)O)c2F)CN)OC1(C)C. The lowest BCUT2D eigenvalue weighted by molar-refractivity contribution is 0.00578. The zero-order valence-electron chi connectivity index (χ0n) is 13.6. The molecule has 0 aliphatic carbocycles. The first-order chi connectivity index (χ1) is 10.6. The summed E-state index contributed by atoms with van der Waals surface area (Å²) >= 11 is 0. The number of nitrogens with two attached hydrogens (primary N) is 1. The van der Waals surface area contributed by atoms with E-state index in [9.17, 15) is 9.18 Å². The van der Waals surface area contributed by atoms with Crippen molar-refractivity contribution >= 4 is 19.2 Å². The lowest BCUT2D eigenvalue weighted by Gasteiger charge is -2.32. The van der Waals surface area contributed by atoms with Crippen LogP contribution in [-0.4, -0.2) is 40.9 Å². The van der Waals surface area contributed by atoms with Crippen molar-refractivity contribution in [1.29, 1.82) is 0 Å². The number of hydrogen-bond donors (Lipinski definition) is 2. The summed E-state index contributed by atoms with van der Waals surface area (Å²) in [6.45, 7) is 7.64. The van der Waals surface area contributed by atoms with Crippen LogP contribution in [0.1, 0.15) is 43.7 Å². The molecule has 1 aliphatic heterocycles. The van der Waals surface area contributed by atoms with E-state index in [0.717, 1.165) is 6.07 Å². The van der Waals surface area contributed by atoms with Crippen LogP contribution in [0.25, 0.3) is 6.08 Å². The summed E-state index contributed by atoms with van der Waals surface area (Å²) in [5.74, 6) is -2.27. The highest BCUT2D eigenvalue weighted by molar-refractivity contribution is 6.55. The Balaban J connectivity index is 2.38. The molecule has 1 aromatic rings. The van der Waals surface area contributed by atoms with Crippen molar-refractivity contribution in [2.24, 2.45) is 5.73 Å². The van der Waals surface area contributed by atoms with E-state index in [1.165, 1.54) is 12.3 Å². The Kier molecular flexibility index (Phi) is 4.61. The lowest BCUT2D eigenvalue weighted by atomic mass is 9.77. The van der Waals surface area contributed by atoms with Crippen molar-refractivity contribution < 1.29 is 23.6 Å². The van der Waals surface area contributed by atoms with Gasteiger partial charge in [-0.1, -0.05) is 0 Å². The standard InChI is InChI=1S/C15H20BFN2O4/c1-14(2)15(3,4)23-16(22-14)9(8-18)7-11-12(17)10(13(20)21)5-6-19-11/h5-7H,8,18H2,1-4H3,(H,20,21). The molecule has 2 rings (SSSR count). The van der Waals surface area contributed by atoms with Gasteiger partial charge in [0.15, 0.2) is 5.82 Å². The fourth-order valence-corrected chi connectivity index (χ4v) is 2.12. The quantitative estimate of drug-likeness (QED) is 0.822. The molecule has 6 nitrogen and oxygen atoms in total. The van der Waals surface area contributed by atoms with Crippen molar-refractivity contribution in [3.8, 4) is 0 Å². The molecule has 1 saturated heterocycles. The number of halogens is 1. The molecule has 0 amide bonds. The van der Waals surface area contributed by atoms with Crippen molar-refractivity contribution in [3.05, 3.63) is 34.8 Å². The summed E-state index contributed by atoms with van der Waals surface area (Å²) in [6.07, 6.45) is 2.61. The van der Waals surface area contributed by atoms with Gasteiger partial charge in [0.1, 0.15) is 0 Å². The van der Waals surface area contributed by atoms with E-state index in [4.69, 9.17) is 20.1 Å². The minimum Gasteiger partial charge on any atom is -0.478 e. The average molecular weight is 322 g/mol. The fraction of sp³-hybridized carbons (Fsp3) is 0.467. The maximum absolute atomic E-state index is 14.2. The minimum atomic E-state index is -1.36. The zero-order valence-corrected chi connectivity index (χ0v) is 13.6. The third-order valence-corrected chi connectivity index (χ3v) is 4.26. The summed E-state index contributed by atoms with van der Waals surface area (Å²) in [5.41, 5.74) is 4.55. The smallest absolute Gasteiger partial charge is 0.478 e. The van der Waals surface area contributed by atoms with Crippen LogP contribution >= 0.6 is 0 Å². The average Bonchev–Trinajstić information content (AvgIpc) is 2.65. The normalized spacial score (nSPS) is 19.9. The van der Waals surface area contributed by atoms with Crippen molar-refractivity contribution in [2.45, 2.75) is 38.9 Å². The maximum atomic E-state index is 14.2. The molecule has 1 aromatic heterocycles. The topological polar surface area (TPSA) is 94.7 Å². The van der Waals surface area contributed by atoms with Crippen LogP contribution in [0.3, 0.4) is 0 Å². The Bertz CT molecular complexity index is 645. The third kappa shape index (κ3) is 3.29. The first-order valence-corrected chi connectivity index (χ1v) is 7.23. The number of nitrogens with zero attached hydrogens (tertiary/aromatic N) is 1.